The molecule has 1 unspecified atom stereocenters. The average molecular weight is 323 g/mol. The van der Waals surface area contributed by atoms with Gasteiger partial charge in [0.15, 0.2) is 0 Å². The molecular formula is C12H20Cl2N4O2. The summed E-state index contributed by atoms with van der Waals surface area (Å²) in [6.45, 7) is 2.34. The highest BCUT2D eigenvalue weighted by Gasteiger charge is 2.12. The molecule has 0 aliphatic carbocycles. The van der Waals surface area contributed by atoms with Crippen LogP contribution in [0.3, 0.4) is 0 Å². The van der Waals surface area contributed by atoms with Gasteiger partial charge in [0.25, 0.3) is 0 Å². The summed E-state index contributed by atoms with van der Waals surface area (Å²) < 4.78 is 0. The van der Waals surface area contributed by atoms with Crippen molar-refractivity contribution in [3.8, 4) is 0 Å². The lowest BCUT2D eigenvalue weighted by Gasteiger charge is -2.11. The molecule has 0 bridgehead atoms. The first-order valence-electron chi connectivity index (χ1n) is 5.75. The topological polar surface area (TPSA) is 83.1 Å². The average Bonchev–Trinajstić information content (AvgIpc) is 2.37. The number of nitrogens with one attached hydrogen (secondary N) is 3. The highest BCUT2D eigenvalue weighted by Crippen LogP contribution is 2.01. The molecule has 1 rings (SSSR count). The van der Waals surface area contributed by atoms with Crippen molar-refractivity contribution in [2.45, 2.75) is 6.92 Å². The normalized spacial score (nSPS) is 10.5. The van der Waals surface area contributed by atoms with Gasteiger partial charge in [-0.3, -0.25) is 14.6 Å². The Hall–Kier alpha value is -1.37. The zero-order valence-corrected chi connectivity index (χ0v) is 13.0. The highest BCUT2D eigenvalue weighted by molar-refractivity contribution is 5.94. The van der Waals surface area contributed by atoms with Gasteiger partial charge in [0.05, 0.1) is 18.4 Å². The quantitative estimate of drug-likeness (QED) is 0.724. The molecule has 1 aromatic rings. The monoisotopic (exact) mass is 322 g/mol. The van der Waals surface area contributed by atoms with E-state index in [1.807, 2.05) is 0 Å². The maximum Gasteiger partial charge on any atom is 0.243 e. The predicted octanol–water partition coefficient (Wildman–Crippen LogP) is 0.835. The number of nitrogens with zero attached hydrogens (tertiary/aromatic N) is 1. The first kappa shape index (κ1) is 20.9. The minimum Gasteiger partial charge on any atom is -0.347 e. The fourth-order valence-corrected chi connectivity index (χ4v) is 1.38. The van der Waals surface area contributed by atoms with Gasteiger partial charge in [-0.2, -0.15) is 0 Å². The fourth-order valence-electron chi connectivity index (χ4n) is 1.38. The smallest absolute Gasteiger partial charge is 0.243 e. The molecule has 0 spiro atoms. The number of pyridine rings is 1. The number of amides is 2. The van der Waals surface area contributed by atoms with Gasteiger partial charge < -0.3 is 16.0 Å². The molecule has 20 heavy (non-hydrogen) atoms. The molecule has 114 valence electrons. The minimum absolute atomic E-state index is 0. The van der Waals surface area contributed by atoms with Crippen LogP contribution in [0.25, 0.3) is 0 Å². The van der Waals surface area contributed by atoms with Crippen LogP contribution in [0, 0.1) is 5.92 Å². The van der Waals surface area contributed by atoms with E-state index >= 15 is 0 Å². The summed E-state index contributed by atoms with van der Waals surface area (Å²) in [5, 5.41) is 8.12. The van der Waals surface area contributed by atoms with Crippen LogP contribution >= 0.6 is 24.8 Å². The van der Waals surface area contributed by atoms with E-state index in [4.69, 9.17) is 0 Å². The van der Waals surface area contributed by atoms with Gasteiger partial charge in [-0.1, -0.05) is 6.92 Å². The Balaban J connectivity index is 0. The SMILES string of the molecule is CNCC(C)C(=O)NCC(=O)Nc1cccnc1.Cl.Cl. The van der Waals surface area contributed by atoms with Crippen molar-refractivity contribution in [3.05, 3.63) is 24.5 Å². The van der Waals surface area contributed by atoms with Crippen molar-refractivity contribution < 1.29 is 9.59 Å². The maximum absolute atomic E-state index is 11.5. The van der Waals surface area contributed by atoms with Crippen LogP contribution in [0.5, 0.6) is 0 Å². The molecule has 0 radical (unpaired) electrons. The third kappa shape index (κ3) is 7.93. The van der Waals surface area contributed by atoms with Crippen LogP contribution < -0.4 is 16.0 Å². The second kappa shape index (κ2) is 11.5. The fraction of sp³-hybridized carbons (Fsp3) is 0.417. The maximum atomic E-state index is 11.5. The summed E-state index contributed by atoms with van der Waals surface area (Å²) >= 11 is 0. The van der Waals surface area contributed by atoms with E-state index in [9.17, 15) is 9.59 Å². The Morgan fingerprint density at radius 1 is 1.35 bits per heavy atom. The van der Waals surface area contributed by atoms with Crippen LogP contribution in [0.2, 0.25) is 0 Å². The Labute approximate surface area is 130 Å². The zero-order chi connectivity index (χ0) is 13.4. The van der Waals surface area contributed by atoms with Crippen LogP contribution in [-0.2, 0) is 9.59 Å². The van der Waals surface area contributed by atoms with Gasteiger partial charge in [0.1, 0.15) is 0 Å². The Morgan fingerprint density at radius 3 is 2.60 bits per heavy atom. The van der Waals surface area contributed by atoms with Crippen molar-refractivity contribution in [2.75, 3.05) is 25.5 Å². The summed E-state index contributed by atoms with van der Waals surface area (Å²) in [6.07, 6.45) is 3.17. The molecule has 6 nitrogen and oxygen atoms in total. The summed E-state index contributed by atoms with van der Waals surface area (Å²) in [7, 11) is 1.78. The number of hydrogen-bond acceptors (Lipinski definition) is 4. The molecule has 8 heteroatoms. The van der Waals surface area contributed by atoms with Gasteiger partial charge in [0.2, 0.25) is 11.8 Å². The molecule has 0 aliphatic heterocycles. The molecule has 1 aromatic heterocycles. The number of anilines is 1. The van der Waals surface area contributed by atoms with E-state index in [0.29, 0.717) is 12.2 Å². The Kier molecular flexibility index (Phi) is 12.0. The third-order valence-electron chi connectivity index (χ3n) is 2.33. The van der Waals surface area contributed by atoms with E-state index in [2.05, 4.69) is 20.9 Å². The second-order valence-corrected chi connectivity index (χ2v) is 3.97. The number of aromatic nitrogens is 1. The lowest BCUT2D eigenvalue weighted by molar-refractivity contribution is -0.126. The molecule has 2 amide bonds. The first-order chi connectivity index (χ1) is 8.63. The number of carbonyl (C=O) groups excluding carboxylic acids is 2. The van der Waals surface area contributed by atoms with Crippen LogP contribution in [0.1, 0.15) is 6.92 Å². The van der Waals surface area contributed by atoms with Crippen molar-refractivity contribution in [1.82, 2.24) is 15.6 Å². The molecular weight excluding hydrogens is 303 g/mol. The number of hydrogen-bond donors (Lipinski definition) is 3. The van der Waals surface area contributed by atoms with Gasteiger partial charge in [0, 0.05) is 18.7 Å². The summed E-state index contributed by atoms with van der Waals surface area (Å²) in [4.78, 5) is 26.9. The number of halogens is 2. The van der Waals surface area contributed by atoms with Crippen molar-refractivity contribution in [2.24, 2.45) is 5.92 Å². The van der Waals surface area contributed by atoms with E-state index < -0.39 is 0 Å². The molecule has 0 saturated carbocycles. The third-order valence-corrected chi connectivity index (χ3v) is 2.33. The second-order valence-electron chi connectivity index (χ2n) is 3.97. The molecule has 1 atom stereocenters. The number of rotatable bonds is 6. The van der Waals surface area contributed by atoms with Crippen molar-refractivity contribution in [3.63, 3.8) is 0 Å². The van der Waals surface area contributed by atoms with Crippen LogP contribution in [0.4, 0.5) is 5.69 Å². The molecule has 0 saturated heterocycles. The van der Waals surface area contributed by atoms with Crippen molar-refractivity contribution >= 4 is 42.3 Å². The Bertz CT molecular complexity index is 404. The van der Waals surface area contributed by atoms with Gasteiger partial charge in [-0.25, -0.2) is 0 Å². The first-order valence-corrected chi connectivity index (χ1v) is 5.75. The van der Waals surface area contributed by atoms with E-state index in [1.165, 1.54) is 0 Å². The zero-order valence-electron chi connectivity index (χ0n) is 11.4. The molecule has 0 aliphatic rings. The lowest BCUT2D eigenvalue weighted by Crippen LogP contribution is -2.38. The van der Waals surface area contributed by atoms with E-state index in [1.54, 1.807) is 38.5 Å². The lowest BCUT2D eigenvalue weighted by atomic mass is 10.1. The summed E-state index contributed by atoms with van der Waals surface area (Å²) in [5.74, 6) is -0.583. The summed E-state index contributed by atoms with van der Waals surface area (Å²) in [5.41, 5.74) is 0.611. The van der Waals surface area contributed by atoms with Gasteiger partial charge >= 0.3 is 0 Å². The number of carbonyl (C=O) groups is 2. The van der Waals surface area contributed by atoms with Crippen molar-refractivity contribution in [1.29, 1.82) is 0 Å². The summed E-state index contributed by atoms with van der Waals surface area (Å²) in [6, 6.07) is 3.46. The van der Waals surface area contributed by atoms with Gasteiger partial charge in [-0.05, 0) is 19.2 Å². The van der Waals surface area contributed by atoms with E-state index in [-0.39, 0.29) is 49.1 Å². The Morgan fingerprint density at radius 2 is 2.05 bits per heavy atom. The largest absolute Gasteiger partial charge is 0.347 e. The standard InChI is InChI=1S/C12H18N4O2.2ClH/c1-9(6-13-2)12(18)15-8-11(17)16-10-4-3-5-14-7-10;;/h3-5,7,9,13H,6,8H2,1-2H3,(H,15,18)(H,16,17);2*1H. The predicted molar refractivity (Wildman–Crippen MR) is 83.5 cm³/mol. The highest BCUT2D eigenvalue weighted by atomic mass is 35.5. The van der Waals surface area contributed by atoms with Crippen LogP contribution in [0.15, 0.2) is 24.5 Å². The van der Waals surface area contributed by atoms with E-state index in [0.717, 1.165) is 0 Å². The minimum atomic E-state index is -0.270. The van der Waals surface area contributed by atoms with Crippen LogP contribution in [-0.4, -0.2) is 36.9 Å². The van der Waals surface area contributed by atoms with Gasteiger partial charge in [-0.15, -0.1) is 24.8 Å². The molecule has 0 fully saturated rings. The molecule has 3 N–H and O–H groups in total. The molecule has 1 heterocycles. The molecule has 0 aromatic carbocycles.